The molecule has 1 aromatic carbocycles. The Morgan fingerprint density at radius 1 is 1.20 bits per heavy atom. The number of aromatic nitrogens is 2. The lowest BCUT2D eigenvalue weighted by Gasteiger charge is -2.09. The van der Waals surface area contributed by atoms with Gasteiger partial charge in [-0.15, -0.1) is 0 Å². The van der Waals surface area contributed by atoms with E-state index in [2.05, 4.69) is 9.97 Å². The lowest BCUT2D eigenvalue weighted by Crippen LogP contribution is -2.05. The van der Waals surface area contributed by atoms with E-state index in [1.807, 2.05) is 0 Å². The molecule has 0 unspecified atom stereocenters. The Kier molecular flexibility index (Phi) is 4.49. The number of aromatic hydroxyl groups is 1. The van der Waals surface area contributed by atoms with Crippen LogP contribution in [0.3, 0.4) is 0 Å². The van der Waals surface area contributed by atoms with Gasteiger partial charge >= 0.3 is 11.0 Å². The van der Waals surface area contributed by atoms with Crippen molar-refractivity contribution in [3.8, 4) is 17.5 Å². The van der Waals surface area contributed by atoms with Crippen molar-refractivity contribution in [2.75, 3.05) is 0 Å². The van der Waals surface area contributed by atoms with Gasteiger partial charge in [0.2, 0.25) is 11.8 Å². The Balaban J connectivity index is 1.73. The number of benzene rings is 1. The molecular formula is C16H11F3N2O3S. The van der Waals surface area contributed by atoms with E-state index in [1.54, 1.807) is 24.3 Å². The van der Waals surface area contributed by atoms with Gasteiger partial charge in [0, 0.05) is 18.7 Å². The molecule has 5 nitrogen and oxygen atoms in total. The average Bonchev–Trinajstić information content (AvgIpc) is 2.86. The molecule has 0 saturated carbocycles. The fraction of sp³-hybridized carbons (Fsp3) is 0.125. The van der Waals surface area contributed by atoms with Gasteiger partial charge in [0.15, 0.2) is 0 Å². The highest BCUT2D eigenvalue weighted by Crippen LogP contribution is 2.31. The number of rotatable bonds is 4. The van der Waals surface area contributed by atoms with Crippen LogP contribution in [0.5, 0.6) is 17.5 Å². The maximum Gasteiger partial charge on any atom is 0.416 e. The molecule has 2 aromatic heterocycles. The van der Waals surface area contributed by atoms with E-state index in [1.165, 1.54) is 0 Å². The first-order valence-corrected chi connectivity index (χ1v) is 7.84. The number of hydrogen-bond donors (Lipinski definition) is 2. The van der Waals surface area contributed by atoms with Crippen LogP contribution in [0.25, 0.3) is 0 Å². The summed E-state index contributed by atoms with van der Waals surface area (Å²) in [4.78, 5) is 17.3. The van der Waals surface area contributed by atoms with Crippen molar-refractivity contribution < 1.29 is 23.0 Å². The highest BCUT2D eigenvalue weighted by Gasteiger charge is 2.31. The molecule has 2 heterocycles. The lowest BCUT2D eigenvalue weighted by molar-refractivity contribution is -0.137. The Bertz CT molecular complexity index is 933. The van der Waals surface area contributed by atoms with Crippen LogP contribution in [-0.4, -0.2) is 15.1 Å². The van der Waals surface area contributed by atoms with E-state index < -0.39 is 11.7 Å². The minimum Gasteiger partial charge on any atom is -0.494 e. The van der Waals surface area contributed by atoms with Gasteiger partial charge in [0.1, 0.15) is 5.75 Å². The van der Waals surface area contributed by atoms with Crippen LogP contribution in [0, 0.1) is 0 Å². The summed E-state index contributed by atoms with van der Waals surface area (Å²) in [6.45, 7) is 0. The zero-order chi connectivity index (χ0) is 18.0. The summed E-state index contributed by atoms with van der Waals surface area (Å²) in [5.74, 6) is -0.00498. The quantitative estimate of drug-likeness (QED) is 0.731. The molecule has 3 rings (SSSR count). The van der Waals surface area contributed by atoms with Gasteiger partial charge in [-0.3, -0.25) is 9.78 Å². The second kappa shape index (κ2) is 6.60. The summed E-state index contributed by atoms with van der Waals surface area (Å²) in [6.07, 6.45) is -3.09. The molecule has 0 amide bonds. The fourth-order valence-electron chi connectivity index (χ4n) is 2.10. The van der Waals surface area contributed by atoms with E-state index in [-0.39, 0.29) is 16.6 Å². The van der Waals surface area contributed by atoms with Gasteiger partial charge in [0.05, 0.1) is 10.4 Å². The SMILES string of the molecule is O=c1[nH]c(O)c(Cc2ccc(Oc3cc(C(F)(F)F)ccn3)cc2)s1. The molecule has 9 heteroatoms. The first-order chi connectivity index (χ1) is 11.8. The van der Waals surface area contributed by atoms with Crippen LogP contribution in [0.4, 0.5) is 13.2 Å². The number of H-pyrrole nitrogens is 1. The summed E-state index contributed by atoms with van der Waals surface area (Å²) in [6, 6.07) is 8.21. The predicted octanol–water partition coefficient (Wildman–Crippen LogP) is 3.94. The number of pyridine rings is 1. The summed E-state index contributed by atoms with van der Waals surface area (Å²) in [5, 5.41) is 9.56. The Morgan fingerprint density at radius 3 is 2.52 bits per heavy atom. The topological polar surface area (TPSA) is 75.2 Å². The molecule has 0 radical (unpaired) electrons. The highest BCUT2D eigenvalue weighted by atomic mass is 32.1. The first kappa shape index (κ1) is 17.0. The Morgan fingerprint density at radius 2 is 1.92 bits per heavy atom. The van der Waals surface area contributed by atoms with Crippen LogP contribution >= 0.6 is 11.3 Å². The zero-order valence-corrected chi connectivity index (χ0v) is 13.3. The maximum absolute atomic E-state index is 12.7. The molecule has 0 aliphatic heterocycles. The number of ether oxygens (including phenoxy) is 1. The summed E-state index contributed by atoms with van der Waals surface area (Å²) in [5.41, 5.74) is -0.0399. The standard InChI is InChI=1S/C16H11F3N2O3S/c17-16(18,19)10-5-6-20-13(8-10)24-11-3-1-9(2-4-11)7-12-14(22)21-15(23)25-12/h1-6,8,22H,7H2,(H,21,23). The first-order valence-electron chi connectivity index (χ1n) is 7.02. The van der Waals surface area contributed by atoms with Gasteiger partial charge in [0.25, 0.3) is 0 Å². The van der Waals surface area contributed by atoms with Gasteiger partial charge < -0.3 is 9.84 Å². The van der Waals surface area contributed by atoms with E-state index in [0.717, 1.165) is 35.2 Å². The molecule has 0 spiro atoms. The van der Waals surface area contributed by atoms with E-state index in [0.29, 0.717) is 17.0 Å². The number of nitrogens with one attached hydrogen (secondary N) is 1. The van der Waals surface area contributed by atoms with Crippen molar-refractivity contribution in [2.45, 2.75) is 12.6 Å². The van der Waals surface area contributed by atoms with Gasteiger partial charge in [-0.1, -0.05) is 23.5 Å². The number of alkyl halides is 3. The highest BCUT2D eigenvalue weighted by molar-refractivity contribution is 7.09. The predicted molar refractivity (Wildman–Crippen MR) is 85.2 cm³/mol. The van der Waals surface area contributed by atoms with Crippen molar-refractivity contribution in [1.82, 2.24) is 9.97 Å². The van der Waals surface area contributed by atoms with Crippen molar-refractivity contribution in [3.05, 3.63) is 68.3 Å². The largest absolute Gasteiger partial charge is 0.494 e. The number of thiazole rings is 1. The number of halogens is 3. The van der Waals surface area contributed by atoms with Gasteiger partial charge in [-0.05, 0) is 23.8 Å². The molecule has 2 N–H and O–H groups in total. The molecule has 130 valence electrons. The smallest absolute Gasteiger partial charge is 0.416 e. The van der Waals surface area contributed by atoms with Crippen LogP contribution in [-0.2, 0) is 12.6 Å². The summed E-state index contributed by atoms with van der Waals surface area (Å²) in [7, 11) is 0. The second-order valence-electron chi connectivity index (χ2n) is 5.09. The van der Waals surface area contributed by atoms with Crippen molar-refractivity contribution in [3.63, 3.8) is 0 Å². The third-order valence-corrected chi connectivity index (χ3v) is 4.14. The lowest BCUT2D eigenvalue weighted by atomic mass is 10.1. The van der Waals surface area contributed by atoms with Crippen molar-refractivity contribution in [2.24, 2.45) is 0 Å². The number of aromatic amines is 1. The summed E-state index contributed by atoms with van der Waals surface area (Å²) < 4.78 is 43.4. The number of hydrogen-bond acceptors (Lipinski definition) is 5. The molecule has 0 saturated heterocycles. The van der Waals surface area contributed by atoms with Crippen LogP contribution in [0.2, 0.25) is 0 Å². The van der Waals surface area contributed by atoms with Gasteiger partial charge in [-0.2, -0.15) is 13.2 Å². The molecule has 25 heavy (non-hydrogen) atoms. The minimum absolute atomic E-state index is 0.163. The van der Waals surface area contributed by atoms with Gasteiger partial charge in [-0.25, -0.2) is 4.98 Å². The molecule has 3 aromatic rings. The maximum atomic E-state index is 12.7. The molecular weight excluding hydrogens is 357 g/mol. The van der Waals surface area contributed by atoms with Crippen LogP contribution in [0.15, 0.2) is 47.4 Å². The third-order valence-electron chi connectivity index (χ3n) is 3.27. The van der Waals surface area contributed by atoms with Crippen LogP contribution in [0.1, 0.15) is 16.0 Å². The van der Waals surface area contributed by atoms with Crippen molar-refractivity contribution in [1.29, 1.82) is 0 Å². The van der Waals surface area contributed by atoms with E-state index in [9.17, 15) is 23.1 Å². The molecule has 0 atom stereocenters. The van der Waals surface area contributed by atoms with Crippen LogP contribution < -0.4 is 9.61 Å². The second-order valence-corrected chi connectivity index (χ2v) is 6.16. The van der Waals surface area contributed by atoms with E-state index in [4.69, 9.17) is 4.74 Å². The number of nitrogens with zero attached hydrogens (tertiary/aromatic N) is 1. The molecule has 0 fully saturated rings. The minimum atomic E-state index is -4.47. The Labute approximate surface area is 143 Å². The zero-order valence-electron chi connectivity index (χ0n) is 12.5. The normalized spacial score (nSPS) is 11.5. The summed E-state index contributed by atoms with van der Waals surface area (Å²) >= 11 is 0.911. The molecule has 0 aliphatic rings. The molecule has 0 aliphatic carbocycles. The van der Waals surface area contributed by atoms with Crippen molar-refractivity contribution >= 4 is 11.3 Å². The Hall–Kier alpha value is -2.81. The fourth-order valence-corrected chi connectivity index (χ4v) is 2.85. The third kappa shape index (κ3) is 4.18. The molecule has 0 bridgehead atoms. The average molecular weight is 368 g/mol. The monoisotopic (exact) mass is 368 g/mol. The van der Waals surface area contributed by atoms with E-state index >= 15 is 0 Å².